The zero-order valence-electron chi connectivity index (χ0n) is 26.6. The van der Waals surface area contributed by atoms with E-state index in [0.29, 0.717) is 17.5 Å². The van der Waals surface area contributed by atoms with Crippen molar-refractivity contribution in [1.29, 1.82) is 0 Å². The van der Waals surface area contributed by atoms with Gasteiger partial charge in [0.15, 0.2) is 0 Å². The Balaban J connectivity index is 2.44. The largest absolute Gasteiger partial charge is 0.467 e. The third-order valence-corrected chi connectivity index (χ3v) is 7.18. The van der Waals surface area contributed by atoms with Crippen molar-refractivity contribution >= 4 is 29.6 Å². The number of nitro benzene ring substituents is 1. The average Bonchev–Trinajstić information content (AvgIpc) is 2.98. The number of imide groups is 1. The number of ether oxygens (including phenoxy) is 2. The van der Waals surface area contributed by atoms with Crippen molar-refractivity contribution in [3.8, 4) is 0 Å². The Morgan fingerprint density at radius 1 is 1.02 bits per heavy atom. The van der Waals surface area contributed by atoms with Crippen LogP contribution in [-0.4, -0.2) is 75.7 Å². The zero-order valence-corrected chi connectivity index (χ0v) is 26.6. The van der Waals surface area contributed by atoms with E-state index in [0.717, 1.165) is 12.0 Å². The minimum Gasteiger partial charge on any atom is -0.467 e. The molecule has 0 aliphatic carbocycles. The van der Waals surface area contributed by atoms with E-state index >= 15 is 0 Å². The molecule has 13 nitrogen and oxygen atoms in total. The predicted octanol–water partition coefficient (Wildman–Crippen LogP) is 3.29. The van der Waals surface area contributed by atoms with Gasteiger partial charge in [-0.25, -0.2) is 9.59 Å². The molecule has 0 saturated heterocycles. The first-order valence-electron chi connectivity index (χ1n) is 14.7. The molecule has 0 aliphatic rings. The lowest BCUT2D eigenvalue weighted by Crippen LogP contribution is -2.59. The van der Waals surface area contributed by atoms with Crippen LogP contribution in [-0.2, 0) is 36.7 Å². The number of nitrogens with one attached hydrogen (secondary N) is 1. The highest BCUT2D eigenvalue weighted by atomic mass is 16.6. The highest BCUT2D eigenvalue weighted by Crippen LogP contribution is 2.22. The van der Waals surface area contributed by atoms with E-state index in [1.54, 1.807) is 65.0 Å². The summed E-state index contributed by atoms with van der Waals surface area (Å²) >= 11 is 0. The second kappa shape index (κ2) is 16.6. The van der Waals surface area contributed by atoms with Gasteiger partial charge in [0, 0.05) is 24.6 Å². The van der Waals surface area contributed by atoms with Gasteiger partial charge in [-0.05, 0) is 44.2 Å². The molecule has 1 unspecified atom stereocenters. The number of carbonyl (C=O) groups excluding carboxylic acids is 4. The van der Waals surface area contributed by atoms with Crippen LogP contribution in [0.1, 0.15) is 58.6 Å². The zero-order chi connectivity index (χ0) is 33.9. The number of methoxy groups -OCH3 is 1. The number of aliphatic hydroxyl groups is 1. The van der Waals surface area contributed by atoms with Crippen molar-refractivity contribution in [3.63, 3.8) is 0 Å². The number of benzene rings is 2. The fourth-order valence-electron chi connectivity index (χ4n) is 4.61. The summed E-state index contributed by atoms with van der Waals surface area (Å²) < 4.78 is 10.4. The Morgan fingerprint density at radius 2 is 1.60 bits per heavy atom. The molecule has 2 aromatic carbocycles. The quantitative estimate of drug-likeness (QED) is 0.159. The maximum atomic E-state index is 14.3. The summed E-state index contributed by atoms with van der Waals surface area (Å²) in [7, 11) is 1.14. The molecule has 13 heteroatoms. The molecule has 2 aromatic rings. The first-order valence-corrected chi connectivity index (χ1v) is 14.7. The van der Waals surface area contributed by atoms with Crippen molar-refractivity contribution in [3.05, 3.63) is 75.8 Å². The number of rotatable bonds is 14. The van der Waals surface area contributed by atoms with Crippen LogP contribution in [0.25, 0.3) is 0 Å². The second-order valence-corrected chi connectivity index (χ2v) is 11.9. The Bertz CT molecular complexity index is 1310. The number of alkyl carbamates (subject to hydrolysis) is 1. The molecule has 0 aliphatic heterocycles. The molecular formula is C32H44N4O9. The number of non-ortho nitro benzene ring substituents is 1. The molecule has 3 amide bonds. The van der Waals surface area contributed by atoms with Gasteiger partial charge in [-0.2, -0.15) is 0 Å². The lowest BCUT2D eigenvalue weighted by Gasteiger charge is -2.35. The number of nitrogens with zero attached hydrogens (tertiary/aromatic N) is 2. The van der Waals surface area contributed by atoms with Gasteiger partial charge in [-0.1, -0.05) is 62.7 Å². The first kappa shape index (κ1) is 36.8. The molecule has 0 bridgehead atoms. The monoisotopic (exact) mass is 628 g/mol. The van der Waals surface area contributed by atoms with Crippen molar-refractivity contribution < 1.29 is 38.7 Å². The molecule has 246 valence electrons. The molecule has 0 fully saturated rings. The van der Waals surface area contributed by atoms with Crippen molar-refractivity contribution in [1.82, 2.24) is 10.2 Å². The van der Waals surface area contributed by atoms with Gasteiger partial charge in [-0.15, -0.1) is 0 Å². The Labute approximate surface area is 263 Å². The minimum atomic E-state index is -1.45. The number of esters is 1. The number of nitrogens with two attached hydrogens (primary N) is 1. The summed E-state index contributed by atoms with van der Waals surface area (Å²) in [4.78, 5) is 65.2. The van der Waals surface area contributed by atoms with Crippen LogP contribution in [0.4, 0.5) is 10.5 Å². The molecule has 2 rings (SSSR count). The van der Waals surface area contributed by atoms with E-state index in [2.05, 4.69) is 5.32 Å². The topological polar surface area (TPSA) is 191 Å². The average molecular weight is 629 g/mol. The fraction of sp³-hybridized carbons (Fsp3) is 0.500. The van der Waals surface area contributed by atoms with E-state index in [9.17, 15) is 34.4 Å². The van der Waals surface area contributed by atoms with Gasteiger partial charge in [-0.3, -0.25) is 24.6 Å². The molecule has 5 atom stereocenters. The van der Waals surface area contributed by atoms with Crippen molar-refractivity contribution in [2.24, 2.45) is 11.7 Å². The standard InChI is InChI=1S/C32H44N4O9/c1-7-20(2)28(30(40)44-6)35(27(38)19-26(37)24(33)17-22-13-15-23(16-14-22)36(42)43)29(39)25(18-21-11-9-8-10-12-21)34-31(41)45-32(3,4)5/h8-16,20,24-26,28,37H,7,17-19,33H2,1-6H3,(H,34,41)/t20-,24-,25-,26?,28-/m0/s1. The van der Waals surface area contributed by atoms with Crippen molar-refractivity contribution in [2.75, 3.05) is 7.11 Å². The normalized spacial score (nSPS) is 14.7. The first-order chi connectivity index (χ1) is 21.1. The molecule has 0 spiro atoms. The number of hydrogen-bond acceptors (Lipinski definition) is 10. The number of amides is 3. The Kier molecular flexibility index (Phi) is 13.6. The van der Waals surface area contributed by atoms with Crippen LogP contribution in [0.5, 0.6) is 0 Å². The highest BCUT2D eigenvalue weighted by Gasteiger charge is 2.42. The molecular weight excluding hydrogens is 584 g/mol. The smallest absolute Gasteiger partial charge is 0.408 e. The molecule has 45 heavy (non-hydrogen) atoms. The molecule has 0 saturated carbocycles. The van der Waals surface area contributed by atoms with E-state index in [1.165, 1.54) is 24.3 Å². The van der Waals surface area contributed by atoms with Gasteiger partial charge < -0.3 is 25.6 Å². The maximum Gasteiger partial charge on any atom is 0.408 e. The second-order valence-electron chi connectivity index (χ2n) is 11.9. The fourth-order valence-corrected chi connectivity index (χ4v) is 4.61. The van der Waals surface area contributed by atoms with Gasteiger partial charge in [0.1, 0.15) is 17.7 Å². The Hall–Kier alpha value is -4.36. The number of nitro groups is 1. The van der Waals surface area contributed by atoms with Crippen molar-refractivity contribution in [2.45, 2.75) is 90.1 Å². The van der Waals surface area contributed by atoms with Crippen LogP contribution in [0.3, 0.4) is 0 Å². The van der Waals surface area contributed by atoms with E-state index in [4.69, 9.17) is 15.2 Å². The van der Waals surface area contributed by atoms with Crippen LogP contribution in [0.15, 0.2) is 54.6 Å². The Morgan fingerprint density at radius 3 is 2.11 bits per heavy atom. The summed E-state index contributed by atoms with van der Waals surface area (Å²) in [5, 5.41) is 24.5. The van der Waals surface area contributed by atoms with E-state index < -0.39 is 71.0 Å². The number of aliphatic hydroxyl groups excluding tert-OH is 1. The number of hydrogen-bond donors (Lipinski definition) is 3. The summed E-state index contributed by atoms with van der Waals surface area (Å²) in [5.74, 6) is -3.17. The molecule has 0 heterocycles. The lowest BCUT2D eigenvalue weighted by molar-refractivity contribution is -0.384. The van der Waals surface area contributed by atoms with E-state index in [1.807, 2.05) is 0 Å². The van der Waals surface area contributed by atoms with Crippen LogP contribution in [0.2, 0.25) is 0 Å². The third kappa shape index (κ3) is 11.3. The third-order valence-electron chi connectivity index (χ3n) is 7.18. The molecule has 0 aromatic heterocycles. The summed E-state index contributed by atoms with van der Waals surface area (Å²) in [6, 6.07) is 10.7. The summed E-state index contributed by atoms with van der Waals surface area (Å²) in [5.41, 5.74) is 6.47. The number of carbonyl (C=O) groups is 4. The molecule has 0 radical (unpaired) electrons. The van der Waals surface area contributed by atoms with Crippen LogP contribution >= 0.6 is 0 Å². The van der Waals surface area contributed by atoms with Gasteiger partial charge in [0.25, 0.3) is 11.6 Å². The summed E-state index contributed by atoms with van der Waals surface area (Å²) in [6.07, 6.45) is -2.55. The highest BCUT2D eigenvalue weighted by molar-refractivity contribution is 6.02. The summed E-state index contributed by atoms with van der Waals surface area (Å²) in [6.45, 7) is 8.44. The van der Waals surface area contributed by atoms with Crippen LogP contribution in [0, 0.1) is 16.0 Å². The predicted molar refractivity (Wildman–Crippen MR) is 166 cm³/mol. The van der Waals surface area contributed by atoms with E-state index in [-0.39, 0.29) is 18.5 Å². The molecule has 4 N–H and O–H groups in total. The van der Waals surface area contributed by atoms with Crippen LogP contribution < -0.4 is 11.1 Å². The van der Waals surface area contributed by atoms with Gasteiger partial charge in [0.2, 0.25) is 5.91 Å². The van der Waals surface area contributed by atoms with Gasteiger partial charge in [0.05, 0.1) is 24.6 Å². The maximum absolute atomic E-state index is 14.3. The SMILES string of the molecule is CC[C@H](C)[C@@H](C(=O)OC)N(C(=O)CC(O)[C@@H](N)Cc1ccc([N+](=O)[O-])cc1)C(=O)[C@H](Cc1ccccc1)NC(=O)OC(C)(C)C. The minimum absolute atomic E-state index is 0.0285. The lowest BCUT2D eigenvalue weighted by atomic mass is 9.94. The van der Waals surface area contributed by atoms with Gasteiger partial charge >= 0.3 is 12.1 Å².